The molecule has 32 heavy (non-hydrogen) atoms. The highest BCUT2D eigenvalue weighted by Gasteiger charge is 2.15. The molecular weight excluding hydrogens is 390 g/mol. The Morgan fingerprint density at radius 2 is 1.59 bits per heavy atom. The maximum Gasteiger partial charge on any atom is 0.119 e. The minimum absolute atomic E-state index is 0.0171. The molecule has 0 aliphatic carbocycles. The molecule has 0 aliphatic heterocycles. The van der Waals surface area contributed by atoms with Gasteiger partial charge in [0.15, 0.2) is 0 Å². The van der Waals surface area contributed by atoms with E-state index in [1.165, 1.54) is 62.9 Å². The van der Waals surface area contributed by atoms with E-state index in [0.29, 0.717) is 0 Å². The first kappa shape index (κ1) is 28.2. The SMILES string of the molecule is C=CC(C)(/C=C/c1ccc(OCCCCN(CCCC)CCCC)cc1)CCC=C(C)C. The summed E-state index contributed by atoms with van der Waals surface area (Å²) in [6, 6.07) is 8.46. The van der Waals surface area contributed by atoms with Crippen LogP contribution in [0.1, 0.15) is 91.5 Å². The number of hydrogen-bond donors (Lipinski definition) is 0. The van der Waals surface area contributed by atoms with Gasteiger partial charge in [-0.2, -0.15) is 0 Å². The highest BCUT2D eigenvalue weighted by Crippen LogP contribution is 2.28. The summed E-state index contributed by atoms with van der Waals surface area (Å²) in [5.41, 5.74) is 2.60. The van der Waals surface area contributed by atoms with Crippen LogP contribution in [0.4, 0.5) is 0 Å². The minimum atomic E-state index is 0.0171. The molecule has 0 aliphatic rings. The van der Waals surface area contributed by atoms with Crippen molar-refractivity contribution < 1.29 is 4.74 Å². The molecule has 0 saturated carbocycles. The van der Waals surface area contributed by atoms with Gasteiger partial charge in [0.2, 0.25) is 0 Å². The molecule has 1 aromatic rings. The van der Waals surface area contributed by atoms with Crippen LogP contribution in [0.25, 0.3) is 6.08 Å². The maximum atomic E-state index is 5.98. The highest BCUT2D eigenvalue weighted by atomic mass is 16.5. The molecule has 0 amide bonds. The number of ether oxygens (including phenoxy) is 1. The van der Waals surface area contributed by atoms with Gasteiger partial charge in [-0.15, -0.1) is 6.58 Å². The molecule has 1 unspecified atom stereocenters. The van der Waals surface area contributed by atoms with Crippen LogP contribution in [0.15, 0.2) is 54.6 Å². The molecule has 1 atom stereocenters. The Morgan fingerprint density at radius 1 is 0.969 bits per heavy atom. The first-order valence-corrected chi connectivity index (χ1v) is 12.8. The molecular formula is C30H49NO. The lowest BCUT2D eigenvalue weighted by molar-refractivity contribution is 0.243. The van der Waals surface area contributed by atoms with E-state index in [1.807, 2.05) is 0 Å². The Labute approximate surface area is 199 Å². The fourth-order valence-electron chi connectivity index (χ4n) is 3.61. The van der Waals surface area contributed by atoms with E-state index >= 15 is 0 Å². The summed E-state index contributed by atoms with van der Waals surface area (Å²) in [5.74, 6) is 0.964. The van der Waals surface area contributed by atoms with Crippen molar-refractivity contribution >= 4 is 6.08 Å². The van der Waals surface area contributed by atoms with Crippen LogP contribution in [0.5, 0.6) is 5.75 Å². The fourth-order valence-corrected chi connectivity index (χ4v) is 3.61. The average molecular weight is 440 g/mol. The molecule has 0 N–H and O–H groups in total. The van der Waals surface area contributed by atoms with Crippen molar-refractivity contribution in [3.05, 3.63) is 60.2 Å². The van der Waals surface area contributed by atoms with Crippen LogP contribution in [0.2, 0.25) is 0 Å². The minimum Gasteiger partial charge on any atom is -0.494 e. The third kappa shape index (κ3) is 12.9. The van der Waals surface area contributed by atoms with Gasteiger partial charge in [0.1, 0.15) is 5.75 Å². The molecule has 0 saturated heterocycles. The van der Waals surface area contributed by atoms with Crippen LogP contribution in [-0.4, -0.2) is 31.1 Å². The number of benzene rings is 1. The summed E-state index contributed by atoms with van der Waals surface area (Å²) < 4.78 is 5.98. The molecule has 0 aromatic heterocycles. The van der Waals surface area contributed by atoms with Crippen molar-refractivity contribution in [3.63, 3.8) is 0 Å². The van der Waals surface area contributed by atoms with Crippen LogP contribution in [-0.2, 0) is 0 Å². The van der Waals surface area contributed by atoms with Crippen LogP contribution < -0.4 is 4.74 Å². The van der Waals surface area contributed by atoms with E-state index < -0.39 is 0 Å². The van der Waals surface area contributed by atoms with Gasteiger partial charge in [-0.05, 0) is 89.7 Å². The monoisotopic (exact) mass is 439 g/mol. The van der Waals surface area contributed by atoms with E-state index in [1.54, 1.807) is 0 Å². The van der Waals surface area contributed by atoms with Gasteiger partial charge >= 0.3 is 0 Å². The second-order valence-corrected chi connectivity index (χ2v) is 9.54. The lowest BCUT2D eigenvalue weighted by Crippen LogP contribution is -2.27. The Hall–Kier alpha value is -1.80. The molecule has 2 nitrogen and oxygen atoms in total. The summed E-state index contributed by atoms with van der Waals surface area (Å²) in [5, 5.41) is 0. The van der Waals surface area contributed by atoms with Gasteiger partial charge in [0.25, 0.3) is 0 Å². The summed E-state index contributed by atoms with van der Waals surface area (Å²) in [6.07, 6.45) is 18.5. The Balaban J connectivity index is 2.41. The van der Waals surface area contributed by atoms with Crippen molar-refractivity contribution in [2.24, 2.45) is 5.41 Å². The zero-order valence-corrected chi connectivity index (χ0v) is 21.7. The number of unbranched alkanes of at least 4 members (excludes halogenated alkanes) is 3. The van der Waals surface area contributed by atoms with E-state index in [4.69, 9.17) is 4.74 Å². The van der Waals surface area contributed by atoms with Gasteiger partial charge in [-0.25, -0.2) is 0 Å². The maximum absolute atomic E-state index is 5.98. The molecule has 0 fully saturated rings. The molecule has 0 spiro atoms. The third-order valence-electron chi connectivity index (χ3n) is 6.03. The predicted octanol–water partition coefficient (Wildman–Crippen LogP) is 8.70. The van der Waals surface area contributed by atoms with Gasteiger partial charge in [0, 0.05) is 5.41 Å². The number of allylic oxidation sites excluding steroid dienone is 4. The van der Waals surface area contributed by atoms with E-state index in [9.17, 15) is 0 Å². The van der Waals surface area contributed by atoms with Crippen molar-refractivity contribution in [3.8, 4) is 5.75 Å². The zero-order chi connectivity index (χ0) is 23.7. The topological polar surface area (TPSA) is 12.5 Å². The summed E-state index contributed by atoms with van der Waals surface area (Å²) in [4.78, 5) is 2.63. The lowest BCUT2D eigenvalue weighted by Gasteiger charge is -2.21. The number of hydrogen-bond acceptors (Lipinski definition) is 2. The average Bonchev–Trinajstić information content (AvgIpc) is 2.79. The quantitative estimate of drug-likeness (QED) is 0.167. The second-order valence-electron chi connectivity index (χ2n) is 9.54. The standard InChI is InChI=1S/C30H49NO/c1-7-10-23-31(24-11-8-2)25-12-13-26-32-29-18-16-28(17-19-29)20-22-30(6,9-3)21-14-15-27(4)5/h9,15-20,22H,3,7-8,10-14,21,23-26H2,1-2,4-6H3/b22-20+. The van der Waals surface area contributed by atoms with Crippen LogP contribution >= 0.6 is 0 Å². The van der Waals surface area contributed by atoms with Crippen molar-refractivity contribution in [2.45, 2.75) is 86.0 Å². The lowest BCUT2D eigenvalue weighted by atomic mass is 9.84. The molecule has 2 heteroatoms. The second kappa shape index (κ2) is 16.8. The van der Waals surface area contributed by atoms with E-state index in [2.05, 4.69) is 94.7 Å². The van der Waals surface area contributed by atoms with Crippen LogP contribution in [0.3, 0.4) is 0 Å². The number of nitrogens with zero attached hydrogens (tertiary/aromatic N) is 1. The Morgan fingerprint density at radius 3 is 2.16 bits per heavy atom. The third-order valence-corrected chi connectivity index (χ3v) is 6.03. The summed E-state index contributed by atoms with van der Waals surface area (Å²) >= 11 is 0. The largest absolute Gasteiger partial charge is 0.494 e. The molecule has 0 bridgehead atoms. The van der Waals surface area contributed by atoms with Crippen molar-refractivity contribution in [1.29, 1.82) is 0 Å². The number of rotatable bonds is 18. The fraction of sp³-hybridized carbons (Fsp3) is 0.600. The zero-order valence-electron chi connectivity index (χ0n) is 21.7. The normalized spacial score (nSPS) is 13.3. The van der Waals surface area contributed by atoms with Crippen molar-refractivity contribution in [2.75, 3.05) is 26.2 Å². The van der Waals surface area contributed by atoms with Gasteiger partial charge in [-0.3, -0.25) is 0 Å². The summed E-state index contributed by atoms with van der Waals surface area (Å²) in [7, 11) is 0. The van der Waals surface area contributed by atoms with Crippen molar-refractivity contribution in [1.82, 2.24) is 4.90 Å². The van der Waals surface area contributed by atoms with Gasteiger partial charge in [0.05, 0.1) is 6.61 Å². The Kier molecular flexibility index (Phi) is 14.8. The van der Waals surface area contributed by atoms with E-state index in [-0.39, 0.29) is 5.41 Å². The molecule has 1 rings (SSSR count). The smallest absolute Gasteiger partial charge is 0.119 e. The predicted molar refractivity (Wildman–Crippen MR) is 143 cm³/mol. The Bertz CT molecular complexity index is 661. The molecule has 180 valence electrons. The van der Waals surface area contributed by atoms with Gasteiger partial charge < -0.3 is 9.64 Å². The first-order chi connectivity index (χ1) is 15.4. The molecule has 0 radical (unpaired) electrons. The van der Waals surface area contributed by atoms with E-state index in [0.717, 1.165) is 31.6 Å². The first-order valence-electron chi connectivity index (χ1n) is 12.8. The molecule has 0 heterocycles. The van der Waals surface area contributed by atoms with Gasteiger partial charge in [-0.1, -0.05) is 75.6 Å². The van der Waals surface area contributed by atoms with Crippen LogP contribution in [0, 0.1) is 5.41 Å². The summed E-state index contributed by atoms with van der Waals surface area (Å²) in [6.45, 7) is 19.6. The highest BCUT2D eigenvalue weighted by molar-refractivity contribution is 5.52. The molecule has 1 aromatic carbocycles.